The molecule has 2 atom stereocenters. The molecule has 0 bridgehead atoms. The zero-order valence-corrected chi connectivity index (χ0v) is 13.0. The van der Waals surface area contributed by atoms with Crippen molar-refractivity contribution >= 4 is 23.4 Å². The third kappa shape index (κ3) is 3.27. The number of rotatable bonds is 4. The Morgan fingerprint density at radius 2 is 2.05 bits per heavy atom. The van der Waals surface area contributed by atoms with Crippen molar-refractivity contribution in [2.75, 3.05) is 19.6 Å². The lowest BCUT2D eigenvalue weighted by atomic mass is 10.1. The maximum Gasteiger partial charge on any atom is 0.270 e. The molecule has 0 spiro atoms. The number of likely N-dealkylation sites (tertiary alicyclic amines) is 1. The maximum atomic E-state index is 12.6. The van der Waals surface area contributed by atoms with Crippen molar-refractivity contribution in [1.82, 2.24) is 15.2 Å². The van der Waals surface area contributed by atoms with Crippen LogP contribution in [0.15, 0.2) is 5.10 Å². The minimum Gasteiger partial charge on any atom is -0.341 e. The van der Waals surface area contributed by atoms with Gasteiger partial charge >= 0.3 is 0 Å². The van der Waals surface area contributed by atoms with E-state index in [2.05, 4.69) is 10.5 Å². The van der Waals surface area contributed by atoms with Gasteiger partial charge in [-0.1, -0.05) is 0 Å². The third-order valence-electron chi connectivity index (χ3n) is 4.11. The number of hydrazone groups is 1. The van der Waals surface area contributed by atoms with Crippen molar-refractivity contribution in [3.05, 3.63) is 0 Å². The summed E-state index contributed by atoms with van der Waals surface area (Å²) in [6.45, 7) is 5.34. The summed E-state index contributed by atoms with van der Waals surface area (Å²) in [5.41, 5.74) is 8.55. The lowest BCUT2D eigenvalue weighted by Crippen LogP contribution is -2.50. The molecule has 1 saturated heterocycles. The van der Waals surface area contributed by atoms with Gasteiger partial charge < -0.3 is 15.5 Å². The first-order chi connectivity index (χ1) is 10.5. The normalized spacial score (nSPS) is 24.8. The smallest absolute Gasteiger partial charge is 0.270 e. The Bertz CT molecular complexity index is 501. The Labute approximate surface area is 129 Å². The van der Waals surface area contributed by atoms with Crippen LogP contribution in [0.5, 0.6) is 0 Å². The standard InChI is InChI=1S/C14H23N5O3/c1-3-18(4-2)14(22)11-7-9(15)8-19(11)13(21)10-5-6-12(20)17-16-10/h9,11H,3-8,15H2,1-2H3,(H,17,20)/t9-,11+/m1/s1. The molecule has 2 aliphatic rings. The van der Waals surface area contributed by atoms with Gasteiger partial charge in [-0.2, -0.15) is 5.10 Å². The van der Waals surface area contributed by atoms with Crippen molar-refractivity contribution in [3.63, 3.8) is 0 Å². The van der Waals surface area contributed by atoms with E-state index in [4.69, 9.17) is 5.73 Å². The maximum absolute atomic E-state index is 12.6. The molecule has 0 radical (unpaired) electrons. The molecule has 2 aliphatic heterocycles. The highest BCUT2D eigenvalue weighted by Crippen LogP contribution is 2.20. The van der Waals surface area contributed by atoms with Crippen molar-refractivity contribution in [1.29, 1.82) is 0 Å². The van der Waals surface area contributed by atoms with Crippen molar-refractivity contribution in [3.8, 4) is 0 Å². The van der Waals surface area contributed by atoms with Gasteiger partial charge in [0, 0.05) is 38.5 Å². The second kappa shape index (κ2) is 6.87. The summed E-state index contributed by atoms with van der Waals surface area (Å²) in [6, 6.07) is -0.755. The molecule has 2 rings (SSSR count). The summed E-state index contributed by atoms with van der Waals surface area (Å²) in [4.78, 5) is 39.5. The van der Waals surface area contributed by atoms with E-state index in [0.29, 0.717) is 32.5 Å². The summed E-state index contributed by atoms with van der Waals surface area (Å²) < 4.78 is 0. The van der Waals surface area contributed by atoms with Crippen molar-refractivity contribution in [2.45, 2.75) is 45.2 Å². The Balaban J connectivity index is 2.15. The monoisotopic (exact) mass is 309 g/mol. The van der Waals surface area contributed by atoms with Gasteiger partial charge in [0.15, 0.2) is 0 Å². The van der Waals surface area contributed by atoms with E-state index < -0.39 is 6.04 Å². The van der Waals surface area contributed by atoms with E-state index in [-0.39, 0.29) is 35.9 Å². The molecular weight excluding hydrogens is 286 g/mol. The Kier molecular flexibility index (Phi) is 5.12. The predicted octanol–water partition coefficient (Wildman–Crippen LogP) is -0.951. The van der Waals surface area contributed by atoms with Gasteiger partial charge in [0.25, 0.3) is 5.91 Å². The van der Waals surface area contributed by atoms with Gasteiger partial charge in [0.1, 0.15) is 11.8 Å². The highest BCUT2D eigenvalue weighted by Gasteiger charge is 2.41. The molecule has 0 aliphatic carbocycles. The topological polar surface area (TPSA) is 108 Å². The van der Waals surface area contributed by atoms with Crippen LogP contribution in [0.3, 0.4) is 0 Å². The average Bonchev–Trinajstić information content (AvgIpc) is 2.90. The zero-order chi connectivity index (χ0) is 16.3. The number of likely N-dealkylation sites (N-methyl/N-ethyl adjacent to an activating group) is 1. The molecule has 0 saturated carbocycles. The van der Waals surface area contributed by atoms with E-state index in [1.54, 1.807) is 4.90 Å². The van der Waals surface area contributed by atoms with Gasteiger partial charge in [-0.3, -0.25) is 14.4 Å². The van der Waals surface area contributed by atoms with Crippen molar-refractivity contribution < 1.29 is 14.4 Å². The SMILES string of the molecule is CCN(CC)C(=O)[C@@H]1C[C@@H](N)CN1C(=O)C1=NNC(=O)CC1. The summed E-state index contributed by atoms with van der Waals surface area (Å²) in [5, 5.41) is 3.82. The molecule has 3 amide bonds. The second-order valence-corrected chi connectivity index (χ2v) is 5.57. The predicted molar refractivity (Wildman–Crippen MR) is 80.8 cm³/mol. The highest BCUT2D eigenvalue weighted by molar-refractivity contribution is 6.39. The molecule has 0 aromatic rings. The molecule has 8 heteroatoms. The number of carbonyl (C=O) groups excluding carboxylic acids is 3. The van der Waals surface area contributed by atoms with E-state index in [1.807, 2.05) is 13.8 Å². The fourth-order valence-corrected chi connectivity index (χ4v) is 2.87. The van der Waals surface area contributed by atoms with E-state index in [9.17, 15) is 14.4 Å². The molecule has 122 valence electrons. The van der Waals surface area contributed by atoms with Crippen molar-refractivity contribution in [2.24, 2.45) is 10.8 Å². The van der Waals surface area contributed by atoms with Gasteiger partial charge in [0.05, 0.1) is 0 Å². The van der Waals surface area contributed by atoms with E-state index >= 15 is 0 Å². The van der Waals surface area contributed by atoms with Crippen LogP contribution in [-0.4, -0.2) is 65.0 Å². The molecule has 0 unspecified atom stereocenters. The Morgan fingerprint density at radius 3 is 2.59 bits per heavy atom. The minimum absolute atomic E-state index is 0.0771. The number of amides is 3. The first-order valence-corrected chi connectivity index (χ1v) is 7.68. The number of nitrogens with two attached hydrogens (primary N) is 1. The third-order valence-corrected chi connectivity index (χ3v) is 4.11. The van der Waals surface area contributed by atoms with Crippen LogP contribution >= 0.6 is 0 Å². The van der Waals surface area contributed by atoms with Crippen LogP contribution in [0, 0.1) is 0 Å². The molecule has 1 fully saturated rings. The molecule has 8 nitrogen and oxygen atoms in total. The van der Waals surface area contributed by atoms with Gasteiger partial charge in [-0.15, -0.1) is 0 Å². The lowest BCUT2D eigenvalue weighted by molar-refractivity contribution is -0.140. The first kappa shape index (κ1) is 16.4. The minimum atomic E-state index is -0.539. The average molecular weight is 309 g/mol. The molecular formula is C14H23N5O3. The van der Waals surface area contributed by atoms with Crippen LogP contribution in [0.4, 0.5) is 0 Å². The quantitative estimate of drug-likeness (QED) is 0.698. The van der Waals surface area contributed by atoms with Crippen LogP contribution in [0.25, 0.3) is 0 Å². The molecule has 22 heavy (non-hydrogen) atoms. The van der Waals surface area contributed by atoms with Crippen LogP contribution in [-0.2, 0) is 14.4 Å². The number of hydrogen-bond donors (Lipinski definition) is 2. The van der Waals surface area contributed by atoms with Crippen LogP contribution in [0.2, 0.25) is 0 Å². The van der Waals surface area contributed by atoms with Gasteiger partial charge in [0.2, 0.25) is 11.8 Å². The van der Waals surface area contributed by atoms with Crippen LogP contribution in [0.1, 0.15) is 33.1 Å². The summed E-state index contributed by atoms with van der Waals surface area (Å²) >= 11 is 0. The zero-order valence-electron chi connectivity index (χ0n) is 13.0. The first-order valence-electron chi connectivity index (χ1n) is 7.68. The van der Waals surface area contributed by atoms with E-state index in [0.717, 1.165) is 0 Å². The molecule has 3 N–H and O–H groups in total. The molecule has 0 aromatic carbocycles. The Hall–Kier alpha value is -1.96. The van der Waals surface area contributed by atoms with Gasteiger partial charge in [-0.05, 0) is 20.3 Å². The summed E-state index contributed by atoms with van der Waals surface area (Å²) in [6.07, 6.45) is 0.989. The highest BCUT2D eigenvalue weighted by atomic mass is 16.2. The van der Waals surface area contributed by atoms with Gasteiger partial charge in [-0.25, -0.2) is 5.43 Å². The lowest BCUT2D eigenvalue weighted by Gasteiger charge is -2.29. The number of carbonyl (C=O) groups is 3. The fraction of sp³-hybridized carbons (Fsp3) is 0.714. The number of hydrogen-bond acceptors (Lipinski definition) is 5. The molecule has 0 aromatic heterocycles. The largest absolute Gasteiger partial charge is 0.341 e. The van der Waals surface area contributed by atoms with Crippen LogP contribution < -0.4 is 11.2 Å². The summed E-state index contributed by atoms with van der Waals surface area (Å²) in [7, 11) is 0. The number of nitrogens with one attached hydrogen (secondary N) is 1. The number of nitrogens with zero attached hydrogens (tertiary/aromatic N) is 3. The molecule has 2 heterocycles. The summed E-state index contributed by atoms with van der Waals surface area (Å²) in [5.74, 6) is -0.587. The fourth-order valence-electron chi connectivity index (χ4n) is 2.87. The second-order valence-electron chi connectivity index (χ2n) is 5.57. The van der Waals surface area contributed by atoms with E-state index in [1.165, 1.54) is 4.90 Å². The Morgan fingerprint density at radius 1 is 1.36 bits per heavy atom.